The van der Waals surface area contributed by atoms with Gasteiger partial charge >= 0.3 is 5.97 Å². The van der Waals surface area contributed by atoms with Crippen LogP contribution in [0.3, 0.4) is 0 Å². The molecule has 100 valence electrons. The lowest BCUT2D eigenvalue weighted by molar-refractivity contribution is -0.146. The van der Waals surface area contributed by atoms with Crippen LogP contribution in [0, 0.1) is 11.8 Å². The molecule has 1 unspecified atom stereocenters. The van der Waals surface area contributed by atoms with Crippen LogP contribution in [0.4, 0.5) is 0 Å². The van der Waals surface area contributed by atoms with E-state index in [1.165, 1.54) is 7.11 Å². The average molecular weight is 315 g/mol. The summed E-state index contributed by atoms with van der Waals surface area (Å²) in [6, 6.07) is 5.80. The summed E-state index contributed by atoms with van der Waals surface area (Å²) in [5.41, 5.74) is 1.01. The normalized spacial score (nSPS) is 12.3. The first-order chi connectivity index (χ1) is 8.49. The van der Waals surface area contributed by atoms with Crippen LogP contribution in [0.25, 0.3) is 0 Å². The van der Waals surface area contributed by atoms with E-state index in [4.69, 9.17) is 9.47 Å². The van der Waals surface area contributed by atoms with Crippen molar-refractivity contribution in [3.05, 3.63) is 28.2 Å². The van der Waals surface area contributed by atoms with Gasteiger partial charge in [-0.15, -0.1) is 0 Å². The highest BCUT2D eigenvalue weighted by Crippen LogP contribution is 2.28. The Labute approximate surface area is 117 Å². The molecule has 3 nitrogen and oxygen atoms in total. The molecule has 0 saturated carbocycles. The van der Waals surface area contributed by atoms with E-state index in [2.05, 4.69) is 15.9 Å². The van der Waals surface area contributed by atoms with Crippen molar-refractivity contribution in [2.75, 3.05) is 14.2 Å². The third kappa shape index (κ3) is 3.73. The lowest BCUT2D eigenvalue weighted by Gasteiger charge is -2.19. The predicted octanol–water partition coefficient (Wildman–Crippen LogP) is 3.45. The van der Waals surface area contributed by atoms with Gasteiger partial charge in [-0.3, -0.25) is 4.79 Å². The highest BCUT2D eigenvalue weighted by atomic mass is 79.9. The molecule has 1 aromatic carbocycles. The summed E-state index contributed by atoms with van der Waals surface area (Å²) in [7, 11) is 3.06. The fourth-order valence-electron chi connectivity index (χ4n) is 1.89. The molecule has 0 fully saturated rings. The molecule has 0 aliphatic carbocycles. The summed E-state index contributed by atoms with van der Waals surface area (Å²) >= 11 is 3.43. The fourth-order valence-corrected chi connectivity index (χ4v) is 2.29. The molecule has 18 heavy (non-hydrogen) atoms. The van der Waals surface area contributed by atoms with E-state index in [0.717, 1.165) is 15.8 Å². The van der Waals surface area contributed by atoms with Crippen LogP contribution in [0.5, 0.6) is 5.75 Å². The van der Waals surface area contributed by atoms with Crippen LogP contribution in [-0.4, -0.2) is 20.2 Å². The largest absolute Gasteiger partial charge is 0.496 e. The maximum atomic E-state index is 11.8. The van der Waals surface area contributed by atoms with Gasteiger partial charge in [0.25, 0.3) is 0 Å². The third-order valence-electron chi connectivity index (χ3n) is 2.99. The number of benzene rings is 1. The van der Waals surface area contributed by atoms with E-state index >= 15 is 0 Å². The van der Waals surface area contributed by atoms with Gasteiger partial charge in [0.15, 0.2) is 0 Å². The molecule has 1 aromatic rings. The minimum Gasteiger partial charge on any atom is -0.496 e. The highest BCUT2D eigenvalue weighted by Gasteiger charge is 2.24. The lowest BCUT2D eigenvalue weighted by Crippen LogP contribution is -2.24. The standard InChI is InChI=1S/C14H19BrO3/c1-9(2)12(14(16)18-4)8-10-7-11(15)5-6-13(10)17-3/h5-7,9,12H,8H2,1-4H3. The minimum absolute atomic E-state index is 0.154. The van der Waals surface area contributed by atoms with Crippen LogP contribution in [0.15, 0.2) is 22.7 Å². The average Bonchev–Trinajstić information content (AvgIpc) is 2.34. The second-order valence-electron chi connectivity index (χ2n) is 4.53. The summed E-state index contributed by atoms with van der Waals surface area (Å²) in [4.78, 5) is 11.8. The Morgan fingerprint density at radius 2 is 2.00 bits per heavy atom. The zero-order chi connectivity index (χ0) is 13.7. The van der Waals surface area contributed by atoms with Crippen molar-refractivity contribution in [2.45, 2.75) is 20.3 Å². The van der Waals surface area contributed by atoms with Gasteiger partial charge in [-0.2, -0.15) is 0 Å². The van der Waals surface area contributed by atoms with Gasteiger partial charge in [0.2, 0.25) is 0 Å². The van der Waals surface area contributed by atoms with Crippen molar-refractivity contribution in [3.63, 3.8) is 0 Å². The summed E-state index contributed by atoms with van der Waals surface area (Å²) in [6.07, 6.45) is 0.618. The van der Waals surface area contributed by atoms with E-state index in [-0.39, 0.29) is 17.8 Å². The number of carbonyl (C=O) groups is 1. The zero-order valence-electron chi connectivity index (χ0n) is 11.2. The molecule has 0 aliphatic heterocycles. The molecule has 0 aromatic heterocycles. The minimum atomic E-state index is -0.174. The summed E-state index contributed by atoms with van der Waals surface area (Å²) < 4.78 is 11.2. The molecule has 1 atom stereocenters. The number of ether oxygens (including phenoxy) is 2. The van der Waals surface area contributed by atoms with Crippen molar-refractivity contribution >= 4 is 21.9 Å². The van der Waals surface area contributed by atoms with Crippen molar-refractivity contribution in [1.82, 2.24) is 0 Å². The van der Waals surface area contributed by atoms with Crippen LogP contribution < -0.4 is 4.74 Å². The second kappa shape index (κ2) is 6.78. The summed E-state index contributed by atoms with van der Waals surface area (Å²) in [5.74, 6) is 0.694. The number of rotatable bonds is 5. The summed E-state index contributed by atoms with van der Waals surface area (Å²) in [6.45, 7) is 4.04. The Kier molecular flexibility index (Phi) is 5.66. The first-order valence-electron chi connectivity index (χ1n) is 5.89. The molecule has 0 amide bonds. The van der Waals surface area contributed by atoms with Gasteiger partial charge in [0, 0.05) is 4.47 Å². The number of halogens is 1. The molecule has 4 heteroatoms. The van der Waals surface area contributed by atoms with Gasteiger partial charge in [-0.1, -0.05) is 29.8 Å². The van der Waals surface area contributed by atoms with E-state index in [9.17, 15) is 4.79 Å². The number of hydrogen-bond donors (Lipinski definition) is 0. The van der Waals surface area contributed by atoms with Crippen LogP contribution in [-0.2, 0) is 16.0 Å². The Bertz CT molecular complexity index is 416. The van der Waals surface area contributed by atoms with E-state index in [1.807, 2.05) is 32.0 Å². The molecule has 0 N–H and O–H groups in total. The van der Waals surface area contributed by atoms with Crippen molar-refractivity contribution in [3.8, 4) is 5.75 Å². The van der Waals surface area contributed by atoms with E-state index < -0.39 is 0 Å². The quantitative estimate of drug-likeness (QED) is 0.781. The van der Waals surface area contributed by atoms with Gasteiger partial charge in [0.1, 0.15) is 5.75 Å². The number of carbonyl (C=O) groups excluding carboxylic acids is 1. The Hall–Kier alpha value is -1.03. The smallest absolute Gasteiger partial charge is 0.309 e. The molecular weight excluding hydrogens is 296 g/mol. The maximum absolute atomic E-state index is 11.8. The molecule has 1 rings (SSSR count). The maximum Gasteiger partial charge on any atom is 0.309 e. The first kappa shape index (κ1) is 15.0. The monoisotopic (exact) mass is 314 g/mol. The highest BCUT2D eigenvalue weighted by molar-refractivity contribution is 9.10. The number of hydrogen-bond acceptors (Lipinski definition) is 3. The molecule has 0 saturated heterocycles. The Balaban J connectivity index is 2.99. The Morgan fingerprint density at radius 3 is 2.50 bits per heavy atom. The van der Waals surface area contributed by atoms with Crippen molar-refractivity contribution < 1.29 is 14.3 Å². The zero-order valence-corrected chi connectivity index (χ0v) is 12.8. The summed E-state index contributed by atoms with van der Waals surface area (Å²) in [5, 5.41) is 0. The molecule has 0 spiro atoms. The lowest BCUT2D eigenvalue weighted by atomic mass is 9.89. The van der Waals surface area contributed by atoms with E-state index in [1.54, 1.807) is 7.11 Å². The van der Waals surface area contributed by atoms with Crippen LogP contribution in [0.1, 0.15) is 19.4 Å². The molecule has 0 bridgehead atoms. The van der Waals surface area contributed by atoms with Crippen molar-refractivity contribution in [1.29, 1.82) is 0 Å². The van der Waals surface area contributed by atoms with Gasteiger partial charge < -0.3 is 9.47 Å². The van der Waals surface area contributed by atoms with Gasteiger partial charge in [-0.25, -0.2) is 0 Å². The van der Waals surface area contributed by atoms with Crippen molar-refractivity contribution in [2.24, 2.45) is 11.8 Å². The SMILES string of the molecule is COC(=O)C(Cc1cc(Br)ccc1OC)C(C)C. The first-order valence-corrected chi connectivity index (χ1v) is 6.69. The predicted molar refractivity (Wildman–Crippen MR) is 74.7 cm³/mol. The van der Waals surface area contributed by atoms with E-state index in [0.29, 0.717) is 6.42 Å². The molecular formula is C14H19BrO3. The fraction of sp³-hybridized carbons (Fsp3) is 0.500. The third-order valence-corrected chi connectivity index (χ3v) is 3.48. The second-order valence-corrected chi connectivity index (χ2v) is 5.45. The van der Waals surface area contributed by atoms with Gasteiger partial charge in [-0.05, 0) is 36.1 Å². The number of esters is 1. The topological polar surface area (TPSA) is 35.5 Å². The molecule has 0 heterocycles. The van der Waals surface area contributed by atoms with Crippen LogP contribution >= 0.6 is 15.9 Å². The molecule has 0 radical (unpaired) electrons. The Morgan fingerprint density at radius 1 is 1.33 bits per heavy atom. The van der Waals surface area contributed by atoms with Gasteiger partial charge in [0.05, 0.1) is 20.1 Å². The molecule has 0 aliphatic rings. The number of methoxy groups -OCH3 is 2. The van der Waals surface area contributed by atoms with Crippen LogP contribution in [0.2, 0.25) is 0 Å².